The standard InChI is InChI=1S/C22H24ClNO2/c1-16-11-12-22(19(23)13-16)26-15-18-9-6-10-20(24-18)21(25)14-17-7-4-2-3-5-8-17/h6-7,9-13H,2-5,8,14-15H2,1H3. The van der Waals surface area contributed by atoms with Gasteiger partial charge in [0.05, 0.1) is 10.7 Å². The Labute approximate surface area is 160 Å². The van der Waals surface area contributed by atoms with Crippen molar-refractivity contribution in [2.24, 2.45) is 0 Å². The number of halogens is 1. The van der Waals surface area contributed by atoms with Crippen molar-refractivity contribution >= 4 is 17.4 Å². The van der Waals surface area contributed by atoms with E-state index in [1.165, 1.54) is 24.8 Å². The zero-order valence-corrected chi connectivity index (χ0v) is 15.9. The maximum absolute atomic E-state index is 12.6. The molecule has 0 unspecified atom stereocenters. The molecule has 0 N–H and O–H groups in total. The average Bonchev–Trinajstić information content (AvgIpc) is 2.90. The molecule has 0 fully saturated rings. The van der Waals surface area contributed by atoms with E-state index in [4.69, 9.17) is 16.3 Å². The fraction of sp³-hybridized carbons (Fsp3) is 0.364. The summed E-state index contributed by atoms with van der Waals surface area (Å²) in [5, 5.41) is 0.581. The van der Waals surface area contributed by atoms with Gasteiger partial charge in [0.2, 0.25) is 0 Å². The van der Waals surface area contributed by atoms with Gasteiger partial charge in [0.25, 0.3) is 0 Å². The number of rotatable bonds is 6. The van der Waals surface area contributed by atoms with E-state index in [0.29, 0.717) is 22.9 Å². The van der Waals surface area contributed by atoms with Crippen LogP contribution in [0.25, 0.3) is 0 Å². The van der Waals surface area contributed by atoms with Gasteiger partial charge >= 0.3 is 0 Å². The summed E-state index contributed by atoms with van der Waals surface area (Å²) in [6.07, 6.45) is 8.48. The summed E-state index contributed by atoms with van der Waals surface area (Å²) in [7, 11) is 0. The van der Waals surface area contributed by atoms with E-state index in [2.05, 4.69) is 11.1 Å². The molecule has 1 aliphatic rings. The van der Waals surface area contributed by atoms with Crippen LogP contribution in [0.2, 0.25) is 5.02 Å². The highest BCUT2D eigenvalue weighted by Crippen LogP contribution is 2.26. The molecule has 0 amide bonds. The summed E-state index contributed by atoms with van der Waals surface area (Å²) >= 11 is 6.19. The van der Waals surface area contributed by atoms with E-state index in [1.807, 2.05) is 37.3 Å². The number of hydrogen-bond donors (Lipinski definition) is 0. The third-order valence-electron chi connectivity index (χ3n) is 4.58. The normalized spacial score (nSPS) is 14.5. The molecule has 0 atom stereocenters. The van der Waals surface area contributed by atoms with Crippen LogP contribution < -0.4 is 4.74 Å². The number of aromatic nitrogens is 1. The van der Waals surface area contributed by atoms with E-state index in [-0.39, 0.29) is 12.4 Å². The summed E-state index contributed by atoms with van der Waals surface area (Å²) in [5.41, 5.74) is 3.57. The molecule has 0 bridgehead atoms. The van der Waals surface area contributed by atoms with Crippen molar-refractivity contribution in [1.82, 2.24) is 4.98 Å². The largest absolute Gasteiger partial charge is 0.486 e. The Morgan fingerprint density at radius 2 is 2.08 bits per heavy atom. The number of ether oxygens (including phenoxy) is 1. The lowest BCUT2D eigenvalue weighted by molar-refractivity contribution is 0.0986. The first kappa shape index (κ1) is 18.7. The summed E-state index contributed by atoms with van der Waals surface area (Å²) in [6.45, 7) is 2.27. The number of pyridine rings is 1. The van der Waals surface area contributed by atoms with Gasteiger partial charge in [0.1, 0.15) is 18.1 Å². The predicted molar refractivity (Wildman–Crippen MR) is 105 cm³/mol. The minimum atomic E-state index is 0.0772. The highest BCUT2D eigenvalue weighted by atomic mass is 35.5. The highest BCUT2D eigenvalue weighted by Gasteiger charge is 2.13. The van der Waals surface area contributed by atoms with Crippen LogP contribution in [-0.4, -0.2) is 10.8 Å². The van der Waals surface area contributed by atoms with Crippen molar-refractivity contribution in [3.8, 4) is 5.75 Å². The number of nitrogens with zero attached hydrogens (tertiary/aromatic N) is 1. The van der Waals surface area contributed by atoms with Crippen LogP contribution in [0.5, 0.6) is 5.75 Å². The van der Waals surface area contributed by atoms with E-state index in [0.717, 1.165) is 24.1 Å². The van der Waals surface area contributed by atoms with E-state index in [9.17, 15) is 4.79 Å². The maximum atomic E-state index is 12.6. The SMILES string of the molecule is Cc1ccc(OCc2cccc(C(=O)CC3=CCCCCC3)n2)c(Cl)c1. The van der Waals surface area contributed by atoms with Gasteiger partial charge in [-0.2, -0.15) is 0 Å². The van der Waals surface area contributed by atoms with Crippen LogP contribution in [0.15, 0.2) is 48.0 Å². The second-order valence-corrected chi connectivity index (χ2v) is 7.21. The topological polar surface area (TPSA) is 39.2 Å². The van der Waals surface area contributed by atoms with Crippen LogP contribution in [0, 0.1) is 6.92 Å². The third-order valence-corrected chi connectivity index (χ3v) is 4.87. The zero-order valence-electron chi connectivity index (χ0n) is 15.1. The second kappa shape index (κ2) is 9.00. The third kappa shape index (κ3) is 5.18. The Balaban J connectivity index is 1.63. The second-order valence-electron chi connectivity index (χ2n) is 6.80. The number of allylic oxidation sites excluding steroid dienone is 2. The maximum Gasteiger partial charge on any atom is 0.185 e. The first-order chi connectivity index (χ1) is 12.6. The first-order valence-electron chi connectivity index (χ1n) is 9.18. The molecule has 1 aromatic heterocycles. The molecular formula is C22H24ClNO2. The minimum absolute atomic E-state index is 0.0772. The zero-order chi connectivity index (χ0) is 18.4. The van der Waals surface area contributed by atoms with Gasteiger partial charge in [-0.05, 0) is 62.4 Å². The van der Waals surface area contributed by atoms with Crippen LogP contribution in [-0.2, 0) is 6.61 Å². The number of hydrogen-bond acceptors (Lipinski definition) is 3. The molecule has 0 radical (unpaired) electrons. The number of Topliss-reactive ketones (excluding diaryl/α,β-unsaturated/α-hetero) is 1. The highest BCUT2D eigenvalue weighted by molar-refractivity contribution is 6.32. The Bertz CT molecular complexity index is 814. The van der Waals surface area contributed by atoms with Crippen LogP contribution in [0.3, 0.4) is 0 Å². The molecule has 0 saturated carbocycles. The molecular weight excluding hydrogens is 346 g/mol. The fourth-order valence-electron chi connectivity index (χ4n) is 3.13. The van der Waals surface area contributed by atoms with Gasteiger partial charge in [-0.3, -0.25) is 4.79 Å². The summed E-state index contributed by atoms with van der Waals surface area (Å²) in [5.74, 6) is 0.702. The molecule has 1 heterocycles. The molecule has 3 nitrogen and oxygen atoms in total. The van der Waals surface area contributed by atoms with Gasteiger partial charge in [0.15, 0.2) is 5.78 Å². The summed E-state index contributed by atoms with van der Waals surface area (Å²) in [6, 6.07) is 11.2. The van der Waals surface area contributed by atoms with Gasteiger partial charge < -0.3 is 4.74 Å². The Morgan fingerprint density at radius 1 is 1.19 bits per heavy atom. The monoisotopic (exact) mass is 369 g/mol. The molecule has 26 heavy (non-hydrogen) atoms. The molecule has 1 aliphatic carbocycles. The molecule has 0 saturated heterocycles. The molecule has 0 spiro atoms. The van der Waals surface area contributed by atoms with Crippen molar-refractivity contribution in [3.63, 3.8) is 0 Å². The Kier molecular flexibility index (Phi) is 6.45. The van der Waals surface area contributed by atoms with Crippen molar-refractivity contribution in [2.75, 3.05) is 0 Å². The van der Waals surface area contributed by atoms with Gasteiger partial charge in [-0.25, -0.2) is 4.98 Å². The van der Waals surface area contributed by atoms with Gasteiger partial charge in [0, 0.05) is 6.42 Å². The predicted octanol–water partition coefficient (Wildman–Crippen LogP) is 6.09. The number of ketones is 1. The molecule has 2 aromatic rings. The van der Waals surface area contributed by atoms with Gasteiger partial charge in [-0.15, -0.1) is 0 Å². The molecule has 4 heteroatoms. The summed E-state index contributed by atoms with van der Waals surface area (Å²) in [4.78, 5) is 17.1. The number of aryl methyl sites for hydroxylation is 1. The fourth-order valence-corrected chi connectivity index (χ4v) is 3.42. The van der Waals surface area contributed by atoms with E-state index < -0.39 is 0 Å². The van der Waals surface area contributed by atoms with Gasteiger partial charge in [-0.1, -0.05) is 41.8 Å². The van der Waals surface area contributed by atoms with Crippen molar-refractivity contribution in [2.45, 2.75) is 52.1 Å². The summed E-state index contributed by atoms with van der Waals surface area (Å²) < 4.78 is 5.76. The lowest BCUT2D eigenvalue weighted by atomic mass is 10.0. The van der Waals surface area contributed by atoms with E-state index >= 15 is 0 Å². The lowest BCUT2D eigenvalue weighted by Crippen LogP contribution is -2.07. The first-order valence-corrected chi connectivity index (χ1v) is 9.55. The van der Waals surface area contributed by atoms with Crippen LogP contribution in [0.4, 0.5) is 0 Å². The average molecular weight is 370 g/mol. The number of carbonyl (C=O) groups excluding carboxylic acids is 1. The Hall–Kier alpha value is -2.13. The molecule has 0 aliphatic heterocycles. The van der Waals surface area contributed by atoms with E-state index in [1.54, 1.807) is 6.07 Å². The van der Waals surface area contributed by atoms with Crippen molar-refractivity contribution in [3.05, 3.63) is 70.0 Å². The van der Waals surface area contributed by atoms with Crippen LogP contribution in [0.1, 0.15) is 60.3 Å². The van der Waals surface area contributed by atoms with Crippen LogP contribution >= 0.6 is 11.6 Å². The quantitative estimate of drug-likeness (QED) is 0.457. The van der Waals surface area contributed by atoms with Crippen molar-refractivity contribution < 1.29 is 9.53 Å². The molecule has 1 aromatic carbocycles. The molecule has 3 rings (SSSR count). The van der Waals surface area contributed by atoms with Crippen molar-refractivity contribution in [1.29, 1.82) is 0 Å². The lowest BCUT2D eigenvalue weighted by Gasteiger charge is -2.09. The minimum Gasteiger partial charge on any atom is -0.486 e. The number of carbonyl (C=O) groups is 1. The number of benzene rings is 1. The smallest absolute Gasteiger partial charge is 0.185 e. The Morgan fingerprint density at radius 3 is 2.92 bits per heavy atom. The molecule has 136 valence electrons.